The van der Waals surface area contributed by atoms with E-state index >= 15 is 0 Å². The van der Waals surface area contributed by atoms with E-state index in [9.17, 15) is 0 Å². The lowest BCUT2D eigenvalue weighted by molar-refractivity contribution is -0.0504. The van der Waals surface area contributed by atoms with Crippen molar-refractivity contribution in [3.63, 3.8) is 0 Å². The number of nitrogens with zero attached hydrogens (tertiary/aromatic N) is 5. The molecule has 31 heavy (non-hydrogen) atoms. The minimum absolute atomic E-state index is 0.0144. The molecule has 1 aliphatic heterocycles. The Hall–Kier alpha value is -2.84. The Kier molecular flexibility index (Phi) is 8.93. The van der Waals surface area contributed by atoms with Gasteiger partial charge in [-0.3, -0.25) is 9.88 Å². The number of nitriles is 2. The van der Waals surface area contributed by atoms with E-state index in [4.69, 9.17) is 31.6 Å². The molecule has 1 atom stereocenters. The van der Waals surface area contributed by atoms with Crippen LogP contribution in [-0.2, 0) is 11.3 Å². The van der Waals surface area contributed by atoms with Crippen LogP contribution in [0.1, 0.15) is 18.4 Å². The van der Waals surface area contributed by atoms with Gasteiger partial charge in [-0.1, -0.05) is 23.7 Å². The molecular weight excluding hydrogens is 414 g/mol. The molecular formula is C23H26ClN5O2. The summed E-state index contributed by atoms with van der Waals surface area (Å²) in [5, 5.41) is 18.3. The fraction of sp³-hybridized carbons (Fsp3) is 0.435. The highest BCUT2D eigenvalue weighted by atomic mass is 35.5. The number of hydrogen-bond donors (Lipinski definition) is 0. The van der Waals surface area contributed by atoms with Crippen molar-refractivity contribution in [1.82, 2.24) is 9.88 Å². The number of benzene rings is 1. The standard InChI is InChI=1S/C23H26ClN5O2/c24-20-13-22(15-27-14-20)31-18-23-17-28(11-12-30-23)16-19-3-5-21(6-4-19)29(9-1-7-25)10-2-8-26/h3-6,13-15,23H,1-2,9-12,16-18H2. The predicted molar refractivity (Wildman–Crippen MR) is 119 cm³/mol. The van der Waals surface area contributed by atoms with Crippen LogP contribution in [0.3, 0.4) is 0 Å². The normalized spacial score (nSPS) is 16.3. The summed E-state index contributed by atoms with van der Waals surface area (Å²) in [5.41, 5.74) is 2.25. The Morgan fingerprint density at radius 3 is 2.58 bits per heavy atom. The predicted octanol–water partition coefficient (Wildman–Crippen LogP) is 3.65. The average Bonchev–Trinajstić information content (AvgIpc) is 2.79. The fourth-order valence-electron chi connectivity index (χ4n) is 3.50. The molecule has 0 aliphatic carbocycles. The maximum absolute atomic E-state index is 8.88. The summed E-state index contributed by atoms with van der Waals surface area (Å²) in [5.74, 6) is 0.640. The first-order chi connectivity index (χ1) is 15.2. The van der Waals surface area contributed by atoms with E-state index in [1.54, 1.807) is 18.5 Å². The van der Waals surface area contributed by atoms with E-state index < -0.39 is 0 Å². The molecule has 0 saturated carbocycles. The van der Waals surface area contributed by atoms with Crippen molar-refractivity contribution in [3.05, 3.63) is 53.3 Å². The minimum atomic E-state index is -0.0144. The van der Waals surface area contributed by atoms with Gasteiger partial charge >= 0.3 is 0 Å². The highest BCUT2D eigenvalue weighted by Crippen LogP contribution is 2.19. The minimum Gasteiger partial charge on any atom is -0.489 e. The average molecular weight is 440 g/mol. The zero-order chi connectivity index (χ0) is 21.9. The Balaban J connectivity index is 1.51. The van der Waals surface area contributed by atoms with E-state index in [0.29, 0.717) is 49.9 Å². The number of rotatable bonds is 10. The summed E-state index contributed by atoms with van der Waals surface area (Å²) in [4.78, 5) is 8.47. The molecule has 1 fully saturated rings. The van der Waals surface area contributed by atoms with E-state index in [2.05, 4.69) is 51.2 Å². The topological polar surface area (TPSA) is 85.4 Å². The summed E-state index contributed by atoms with van der Waals surface area (Å²) in [6, 6.07) is 14.4. The maximum atomic E-state index is 8.88. The lowest BCUT2D eigenvalue weighted by Crippen LogP contribution is -2.44. The highest BCUT2D eigenvalue weighted by molar-refractivity contribution is 6.30. The van der Waals surface area contributed by atoms with Crippen LogP contribution in [0, 0.1) is 22.7 Å². The van der Waals surface area contributed by atoms with E-state index in [-0.39, 0.29) is 6.10 Å². The number of aromatic nitrogens is 1. The van der Waals surface area contributed by atoms with Gasteiger partial charge in [-0.05, 0) is 17.7 Å². The molecule has 2 heterocycles. The molecule has 8 heteroatoms. The molecule has 0 bridgehead atoms. The molecule has 0 amide bonds. The van der Waals surface area contributed by atoms with Crippen LogP contribution in [-0.4, -0.2) is 55.4 Å². The van der Waals surface area contributed by atoms with Crippen LogP contribution in [0.25, 0.3) is 0 Å². The first kappa shape index (κ1) is 22.8. The molecule has 7 nitrogen and oxygen atoms in total. The summed E-state index contributed by atoms with van der Waals surface area (Å²) < 4.78 is 11.6. The molecule has 1 aliphatic rings. The van der Waals surface area contributed by atoms with Gasteiger partial charge in [0, 0.05) is 50.7 Å². The quantitative estimate of drug-likeness (QED) is 0.558. The van der Waals surface area contributed by atoms with Gasteiger partial charge < -0.3 is 14.4 Å². The van der Waals surface area contributed by atoms with Gasteiger partial charge in [-0.25, -0.2) is 0 Å². The molecule has 0 spiro atoms. The number of anilines is 1. The van der Waals surface area contributed by atoms with Gasteiger partial charge in [0.2, 0.25) is 0 Å². The van der Waals surface area contributed by atoms with E-state index in [1.807, 2.05) is 0 Å². The zero-order valence-electron chi connectivity index (χ0n) is 17.4. The monoisotopic (exact) mass is 439 g/mol. The van der Waals surface area contributed by atoms with Crippen molar-refractivity contribution >= 4 is 17.3 Å². The number of halogens is 1. The van der Waals surface area contributed by atoms with Crippen LogP contribution < -0.4 is 9.64 Å². The smallest absolute Gasteiger partial charge is 0.139 e. The number of ether oxygens (including phenoxy) is 2. The van der Waals surface area contributed by atoms with Crippen LogP contribution in [0.4, 0.5) is 5.69 Å². The van der Waals surface area contributed by atoms with Crippen LogP contribution in [0.15, 0.2) is 42.7 Å². The number of pyridine rings is 1. The molecule has 162 valence electrons. The maximum Gasteiger partial charge on any atom is 0.139 e. The van der Waals surface area contributed by atoms with Gasteiger partial charge in [0.15, 0.2) is 0 Å². The van der Waals surface area contributed by atoms with Gasteiger partial charge in [-0.2, -0.15) is 10.5 Å². The SMILES string of the molecule is N#CCCN(CCC#N)c1ccc(CN2CCOC(COc3cncc(Cl)c3)C2)cc1. The van der Waals surface area contributed by atoms with Crippen molar-refractivity contribution < 1.29 is 9.47 Å². The lowest BCUT2D eigenvalue weighted by Gasteiger charge is -2.33. The van der Waals surface area contributed by atoms with E-state index in [0.717, 1.165) is 25.3 Å². The Morgan fingerprint density at radius 2 is 1.90 bits per heavy atom. The molecule has 1 aromatic carbocycles. The second kappa shape index (κ2) is 12.1. The first-order valence-corrected chi connectivity index (χ1v) is 10.7. The van der Waals surface area contributed by atoms with Crippen molar-refractivity contribution in [3.8, 4) is 17.9 Å². The van der Waals surface area contributed by atoms with Gasteiger partial charge in [0.25, 0.3) is 0 Å². The number of hydrogen-bond acceptors (Lipinski definition) is 7. The number of morpholine rings is 1. The molecule has 0 N–H and O–H groups in total. The second-order valence-electron chi connectivity index (χ2n) is 7.35. The van der Waals surface area contributed by atoms with Crippen molar-refractivity contribution in [2.75, 3.05) is 44.3 Å². The molecule has 1 saturated heterocycles. The summed E-state index contributed by atoms with van der Waals surface area (Å²) in [7, 11) is 0. The molecule has 2 aromatic rings. The second-order valence-corrected chi connectivity index (χ2v) is 7.78. The third-order valence-electron chi connectivity index (χ3n) is 5.03. The third kappa shape index (κ3) is 7.41. The van der Waals surface area contributed by atoms with Gasteiger partial charge in [0.1, 0.15) is 18.5 Å². The Labute approximate surface area is 188 Å². The summed E-state index contributed by atoms with van der Waals surface area (Å²) >= 11 is 5.95. The Bertz CT molecular complexity index is 891. The van der Waals surface area contributed by atoms with Gasteiger partial charge in [-0.15, -0.1) is 0 Å². The van der Waals surface area contributed by atoms with Crippen molar-refractivity contribution in [2.45, 2.75) is 25.5 Å². The third-order valence-corrected chi connectivity index (χ3v) is 5.24. The lowest BCUT2D eigenvalue weighted by atomic mass is 10.1. The summed E-state index contributed by atoms with van der Waals surface area (Å²) in [6.07, 6.45) is 4.08. The zero-order valence-corrected chi connectivity index (χ0v) is 18.2. The van der Waals surface area contributed by atoms with Gasteiger partial charge in [0.05, 0.1) is 42.8 Å². The van der Waals surface area contributed by atoms with Crippen molar-refractivity contribution in [1.29, 1.82) is 10.5 Å². The van der Waals surface area contributed by atoms with Crippen LogP contribution in [0.2, 0.25) is 5.02 Å². The molecule has 1 unspecified atom stereocenters. The van der Waals surface area contributed by atoms with E-state index in [1.165, 1.54) is 5.56 Å². The first-order valence-electron chi connectivity index (χ1n) is 10.3. The van der Waals surface area contributed by atoms with Crippen LogP contribution >= 0.6 is 11.6 Å². The fourth-order valence-corrected chi connectivity index (χ4v) is 3.66. The summed E-state index contributed by atoms with van der Waals surface area (Å²) in [6.45, 7) is 4.85. The molecule has 1 aromatic heterocycles. The van der Waals surface area contributed by atoms with Crippen molar-refractivity contribution in [2.24, 2.45) is 0 Å². The van der Waals surface area contributed by atoms with Crippen LogP contribution in [0.5, 0.6) is 5.75 Å². The molecule has 0 radical (unpaired) electrons. The molecule has 3 rings (SSSR count). The Morgan fingerprint density at radius 1 is 1.16 bits per heavy atom. The largest absolute Gasteiger partial charge is 0.489 e. The highest BCUT2D eigenvalue weighted by Gasteiger charge is 2.21.